The molecule has 0 aliphatic heterocycles. The highest BCUT2D eigenvalue weighted by Crippen LogP contribution is 2.31. The highest BCUT2D eigenvalue weighted by Gasteiger charge is 2.20. The number of halogens is 1. The van der Waals surface area contributed by atoms with Crippen molar-refractivity contribution in [3.8, 4) is 0 Å². The SMILES string of the molecule is Cc1ccc(C(N)c2c(Cl)cnn2C(C)C)s1. The smallest absolute Gasteiger partial charge is 0.0838 e. The van der Waals surface area contributed by atoms with Gasteiger partial charge in [0, 0.05) is 15.8 Å². The highest BCUT2D eigenvalue weighted by molar-refractivity contribution is 7.12. The molecule has 2 rings (SSSR count). The molecule has 0 bridgehead atoms. The Bertz CT molecular complexity index is 516. The van der Waals surface area contributed by atoms with Gasteiger partial charge in [0.25, 0.3) is 0 Å². The van der Waals surface area contributed by atoms with Crippen LogP contribution in [0.1, 0.15) is 41.4 Å². The van der Waals surface area contributed by atoms with E-state index < -0.39 is 0 Å². The molecule has 1 atom stereocenters. The summed E-state index contributed by atoms with van der Waals surface area (Å²) in [6.45, 7) is 6.21. The summed E-state index contributed by atoms with van der Waals surface area (Å²) < 4.78 is 1.89. The van der Waals surface area contributed by atoms with Crippen molar-refractivity contribution in [2.75, 3.05) is 0 Å². The minimum absolute atomic E-state index is 0.203. The topological polar surface area (TPSA) is 43.8 Å². The Kier molecular flexibility index (Phi) is 3.56. The predicted molar refractivity (Wildman–Crippen MR) is 72.7 cm³/mol. The Labute approximate surface area is 110 Å². The maximum absolute atomic E-state index is 6.28. The van der Waals surface area contributed by atoms with Crippen LogP contribution in [0.3, 0.4) is 0 Å². The normalized spacial score (nSPS) is 13.3. The van der Waals surface area contributed by atoms with E-state index in [0.717, 1.165) is 10.6 Å². The van der Waals surface area contributed by atoms with E-state index in [0.29, 0.717) is 5.02 Å². The van der Waals surface area contributed by atoms with Crippen LogP contribution in [0.25, 0.3) is 0 Å². The number of hydrogen-bond donors (Lipinski definition) is 1. The summed E-state index contributed by atoms with van der Waals surface area (Å²) in [6, 6.07) is 4.18. The van der Waals surface area contributed by atoms with Gasteiger partial charge in [-0.3, -0.25) is 4.68 Å². The van der Waals surface area contributed by atoms with Gasteiger partial charge >= 0.3 is 0 Å². The van der Waals surface area contributed by atoms with E-state index in [1.807, 2.05) is 4.68 Å². The summed E-state index contributed by atoms with van der Waals surface area (Å²) >= 11 is 7.88. The zero-order chi connectivity index (χ0) is 12.6. The number of aromatic nitrogens is 2. The molecule has 1 unspecified atom stereocenters. The number of hydrogen-bond acceptors (Lipinski definition) is 3. The van der Waals surface area contributed by atoms with Crippen LogP contribution in [0.2, 0.25) is 5.02 Å². The van der Waals surface area contributed by atoms with Gasteiger partial charge in [-0.1, -0.05) is 11.6 Å². The third-order valence-electron chi connectivity index (χ3n) is 2.64. The van der Waals surface area contributed by atoms with Crippen LogP contribution >= 0.6 is 22.9 Å². The average Bonchev–Trinajstić information content (AvgIpc) is 2.83. The van der Waals surface area contributed by atoms with Crippen LogP contribution in [0.4, 0.5) is 0 Å². The number of nitrogens with zero attached hydrogens (tertiary/aromatic N) is 2. The number of rotatable bonds is 3. The molecule has 0 fully saturated rings. The van der Waals surface area contributed by atoms with Crippen molar-refractivity contribution in [2.24, 2.45) is 5.73 Å². The summed E-state index contributed by atoms with van der Waals surface area (Å²) in [4.78, 5) is 2.37. The highest BCUT2D eigenvalue weighted by atomic mass is 35.5. The van der Waals surface area contributed by atoms with Gasteiger partial charge in [-0.25, -0.2) is 0 Å². The van der Waals surface area contributed by atoms with Crippen molar-refractivity contribution in [1.29, 1.82) is 0 Å². The van der Waals surface area contributed by atoms with Crippen LogP contribution < -0.4 is 5.73 Å². The van der Waals surface area contributed by atoms with Gasteiger partial charge in [0.05, 0.1) is 23.0 Å². The molecule has 3 nitrogen and oxygen atoms in total. The van der Waals surface area contributed by atoms with Crippen LogP contribution in [0, 0.1) is 6.92 Å². The van der Waals surface area contributed by atoms with E-state index in [1.54, 1.807) is 17.5 Å². The third-order valence-corrected chi connectivity index (χ3v) is 4.01. The minimum Gasteiger partial charge on any atom is -0.318 e. The molecule has 5 heteroatoms. The standard InChI is InChI=1S/C12H16ClN3S/c1-7(2)16-12(9(13)6-15-16)11(14)10-5-4-8(3)17-10/h4-7,11H,14H2,1-3H3. The number of nitrogens with two attached hydrogens (primary N) is 1. The summed E-state index contributed by atoms with van der Waals surface area (Å²) in [6.07, 6.45) is 1.66. The first-order valence-corrected chi connectivity index (χ1v) is 6.75. The van der Waals surface area contributed by atoms with Crippen molar-refractivity contribution in [3.05, 3.63) is 38.8 Å². The summed E-state index contributed by atoms with van der Waals surface area (Å²) in [5.41, 5.74) is 7.17. The second kappa shape index (κ2) is 4.80. The Balaban J connectivity index is 2.43. The molecule has 2 N–H and O–H groups in total. The van der Waals surface area contributed by atoms with Gasteiger partial charge in [0.1, 0.15) is 0 Å². The summed E-state index contributed by atoms with van der Waals surface area (Å²) in [5.74, 6) is 0. The molecule has 2 heterocycles. The molecule has 0 aliphatic carbocycles. The quantitative estimate of drug-likeness (QED) is 0.926. The number of thiophene rings is 1. The molecule has 0 amide bonds. The minimum atomic E-state index is -0.203. The van der Waals surface area contributed by atoms with Gasteiger partial charge in [0.15, 0.2) is 0 Å². The zero-order valence-corrected chi connectivity index (χ0v) is 11.7. The Hall–Kier alpha value is -0.840. The van der Waals surface area contributed by atoms with Crippen LogP contribution in [0.15, 0.2) is 18.3 Å². The Morgan fingerprint density at radius 2 is 2.12 bits per heavy atom. The first-order chi connectivity index (χ1) is 8.00. The lowest BCUT2D eigenvalue weighted by molar-refractivity contribution is 0.500. The van der Waals surface area contributed by atoms with E-state index in [4.69, 9.17) is 17.3 Å². The van der Waals surface area contributed by atoms with Gasteiger partial charge in [-0.05, 0) is 32.9 Å². The van der Waals surface area contributed by atoms with Gasteiger partial charge < -0.3 is 5.73 Å². The van der Waals surface area contributed by atoms with Crippen LogP contribution in [-0.2, 0) is 0 Å². The zero-order valence-electron chi connectivity index (χ0n) is 10.1. The molecule has 0 radical (unpaired) electrons. The molecule has 0 aliphatic rings. The predicted octanol–water partition coefficient (Wildman–Crippen LogP) is 3.54. The van der Waals surface area contributed by atoms with E-state index in [-0.39, 0.29) is 12.1 Å². The fraction of sp³-hybridized carbons (Fsp3) is 0.417. The lowest BCUT2D eigenvalue weighted by Crippen LogP contribution is -2.18. The van der Waals surface area contributed by atoms with Crippen molar-refractivity contribution < 1.29 is 0 Å². The molecule has 0 aromatic carbocycles. The van der Waals surface area contributed by atoms with E-state index in [2.05, 4.69) is 38.0 Å². The van der Waals surface area contributed by atoms with Gasteiger partial charge in [0.2, 0.25) is 0 Å². The monoisotopic (exact) mass is 269 g/mol. The Morgan fingerprint density at radius 3 is 2.65 bits per heavy atom. The molecule has 0 saturated carbocycles. The molecule has 0 saturated heterocycles. The number of aryl methyl sites for hydroxylation is 1. The molecule has 92 valence electrons. The van der Waals surface area contributed by atoms with Crippen LogP contribution in [-0.4, -0.2) is 9.78 Å². The average molecular weight is 270 g/mol. The summed E-state index contributed by atoms with van der Waals surface area (Å²) in [5, 5.41) is 4.91. The van der Waals surface area contributed by atoms with Crippen molar-refractivity contribution >= 4 is 22.9 Å². The van der Waals surface area contributed by atoms with Crippen molar-refractivity contribution in [2.45, 2.75) is 32.9 Å². The molecule has 2 aromatic rings. The molecular formula is C12H16ClN3S. The fourth-order valence-corrected chi connectivity index (χ4v) is 2.94. The Morgan fingerprint density at radius 1 is 1.41 bits per heavy atom. The maximum atomic E-state index is 6.28. The lowest BCUT2D eigenvalue weighted by Gasteiger charge is -2.16. The van der Waals surface area contributed by atoms with Crippen molar-refractivity contribution in [1.82, 2.24) is 9.78 Å². The molecular weight excluding hydrogens is 254 g/mol. The van der Waals surface area contributed by atoms with E-state index in [1.165, 1.54) is 4.88 Å². The third kappa shape index (κ3) is 2.39. The fourth-order valence-electron chi connectivity index (χ4n) is 1.81. The molecule has 2 aromatic heterocycles. The van der Waals surface area contributed by atoms with Gasteiger partial charge in [-0.15, -0.1) is 11.3 Å². The first kappa shape index (κ1) is 12.6. The first-order valence-electron chi connectivity index (χ1n) is 5.55. The van der Waals surface area contributed by atoms with E-state index in [9.17, 15) is 0 Å². The second-order valence-corrected chi connectivity index (χ2v) is 6.07. The lowest BCUT2D eigenvalue weighted by atomic mass is 10.1. The summed E-state index contributed by atoms with van der Waals surface area (Å²) in [7, 11) is 0. The second-order valence-electron chi connectivity index (χ2n) is 4.34. The van der Waals surface area contributed by atoms with Gasteiger partial charge in [-0.2, -0.15) is 5.10 Å². The van der Waals surface area contributed by atoms with Crippen molar-refractivity contribution in [3.63, 3.8) is 0 Å². The maximum Gasteiger partial charge on any atom is 0.0838 e. The molecule has 17 heavy (non-hydrogen) atoms. The van der Waals surface area contributed by atoms with Crippen LogP contribution in [0.5, 0.6) is 0 Å². The molecule has 0 spiro atoms. The van der Waals surface area contributed by atoms with E-state index >= 15 is 0 Å². The largest absolute Gasteiger partial charge is 0.318 e.